The second-order valence-electron chi connectivity index (χ2n) is 3.75. The first-order valence-corrected chi connectivity index (χ1v) is 6.83. The lowest BCUT2D eigenvalue weighted by Crippen LogP contribution is -2.04. The van der Waals surface area contributed by atoms with Gasteiger partial charge in [-0.05, 0) is 11.5 Å². The van der Waals surface area contributed by atoms with Crippen LogP contribution < -0.4 is 11.1 Å². The third-order valence-electron chi connectivity index (χ3n) is 2.45. The molecule has 0 amide bonds. The Balaban J connectivity index is 2.36. The molecule has 0 radical (unpaired) electrons. The molecular formula is C11H13N2O3P. The molecule has 5 nitrogen and oxygen atoms in total. The molecule has 2 aromatic rings. The molecule has 0 aliphatic carbocycles. The van der Waals surface area contributed by atoms with Crippen LogP contribution in [0.2, 0.25) is 0 Å². The first-order valence-electron chi connectivity index (χ1n) is 5.03. The minimum atomic E-state index is -4.08. The van der Waals surface area contributed by atoms with Gasteiger partial charge in [0.2, 0.25) is 0 Å². The highest BCUT2D eigenvalue weighted by Gasteiger charge is 2.13. The molecule has 0 aromatic heterocycles. The molecule has 0 unspecified atom stereocenters. The number of rotatable bonds is 3. The predicted octanol–water partition coefficient (Wildman–Crippen LogP) is 1.97. The fourth-order valence-corrected chi connectivity index (χ4v) is 2.01. The SMILES string of the molecule is Nc1c(NCP(=O)(O)O)ccc2ccccc12. The topological polar surface area (TPSA) is 95.6 Å². The van der Waals surface area contributed by atoms with E-state index in [0.29, 0.717) is 11.4 Å². The van der Waals surface area contributed by atoms with Crippen LogP contribution in [0.3, 0.4) is 0 Å². The molecule has 0 fully saturated rings. The first-order chi connectivity index (χ1) is 7.97. The number of fused-ring (bicyclic) bond motifs is 1. The average molecular weight is 252 g/mol. The van der Waals surface area contributed by atoms with Crippen molar-refractivity contribution in [1.82, 2.24) is 0 Å². The summed E-state index contributed by atoms with van der Waals surface area (Å²) in [5.41, 5.74) is 6.96. The van der Waals surface area contributed by atoms with Gasteiger partial charge in [-0.15, -0.1) is 0 Å². The molecule has 0 spiro atoms. The van der Waals surface area contributed by atoms with Crippen LogP contribution in [0.1, 0.15) is 0 Å². The number of anilines is 2. The van der Waals surface area contributed by atoms with Crippen molar-refractivity contribution >= 4 is 29.7 Å². The van der Waals surface area contributed by atoms with E-state index in [0.717, 1.165) is 10.8 Å². The van der Waals surface area contributed by atoms with Crippen molar-refractivity contribution in [2.75, 3.05) is 17.3 Å². The molecule has 2 rings (SSSR count). The van der Waals surface area contributed by atoms with E-state index in [1.807, 2.05) is 30.3 Å². The molecule has 0 aliphatic heterocycles. The fourth-order valence-electron chi connectivity index (χ4n) is 1.64. The van der Waals surface area contributed by atoms with Crippen LogP contribution in [-0.2, 0) is 4.57 Å². The van der Waals surface area contributed by atoms with Crippen molar-refractivity contribution in [2.24, 2.45) is 0 Å². The zero-order valence-corrected chi connectivity index (χ0v) is 9.89. The van der Waals surface area contributed by atoms with Gasteiger partial charge in [0.1, 0.15) is 6.29 Å². The van der Waals surface area contributed by atoms with Crippen molar-refractivity contribution in [3.63, 3.8) is 0 Å². The van der Waals surface area contributed by atoms with E-state index in [1.54, 1.807) is 6.07 Å². The van der Waals surface area contributed by atoms with Crippen molar-refractivity contribution in [3.05, 3.63) is 36.4 Å². The molecule has 0 bridgehead atoms. The van der Waals surface area contributed by atoms with Crippen LogP contribution in [0.15, 0.2) is 36.4 Å². The summed E-state index contributed by atoms with van der Waals surface area (Å²) in [7, 11) is -4.08. The Kier molecular flexibility index (Phi) is 3.07. The van der Waals surface area contributed by atoms with E-state index < -0.39 is 13.9 Å². The standard InChI is InChI=1S/C11H13N2O3P/c12-11-9-4-2-1-3-8(9)5-6-10(11)13-7-17(14,15)16/h1-6,13H,7,12H2,(H2,14,15,16). The third kappa shape index (κ3) is 2.77. The van der Waals surface area contributed by atoms with Crippen molar-refractivity contribution in [3.8, 4) is 0 Å². The van der Waals surface area contributed by atoms with Crippen LogP contribution in [0.25, 0.3) is 10.8 Å². The number of nitrogens with two attached hydrogens (primary N) is 1. The first kappa shape index (κ1) is 11.9. The second-order valence-corrected chi connectivity index (χ2v) is 5.39. The summed E-state index contributed by atoms with van der Waals surface area (Å²) in [5.74, 6) is 0. The monoisotopic (exact) mass is 252 g/mol. The van der Waals surface area contributed by atoms with Gasteiger partial charge in [-0.25, -0.2) is 0 Å². The van der Waals surface area contributed by atoms with Gasteiger partial charge in [0.05, 0.1) is 11.4 Å². The van der Waals surface area contributed by atoms with E-state index in [-0.39, 0.29) is 0 Å². The Morgan fingerprint density at radius 2 is 1.88 bits per heavy atom. The second kappa shape index (κ2) is 4.37. The molecule has 5 N–H and O–H groups in total. The largest absolute Gasteiger partial charge is 0.397 e. The number of hydrogen-bond acceptors (Lipinski definition) is 3. The molecule has 17 heavy (non-hydrogen) atoms. The maximum Gasteiger partial charge on any atom is 0.344 e. The fraction of sp³-hybridized carbons (Fsp3) is 0.0909. The minimum Gasteiger partial charge on any atom is -0.397 e. The lowest BCUT2D eigenvalue weighted by atomic mass is 10.1. The molecular weight excluding hydrogens is 239 g/mol. The van der Waals surface area contributed by atoms with Crippen LogP contribution in [0.5, 0.6) is 0 Å². The van der Waals surface area contributed by atoms with Crippen molar-refractivity contribution in [1.29, 1.82) is 0 Å². The summed E-state index contributed by atoms with van der Waals surface area (Å²) < 4.78 is 10.8. The van der Waals surface area contributed by atoms with Crippen LogP contribution >= 0.6 is 7.60 Å². The van der Waals surface area contributed by atoms with E-state index in [4.69, 9.17) is 15.5 Å². The number of nitrogen functional groups attached to an aromatic ring is 1. The van der Waals surface area contributed by atoms with E-state index in [2.05, 4.69) is 5.32 Å². The van der Waals surface area contributed by atoms with Gasteiger partial charge in [-0.2, -0.15) is 0 Å². The summed E-state index contributed by atoms with van der Waals surface area (Å²) in [6.07, 6.45) is -0.421. The molecule has 2 aromatic carbocycles. The van der Waals surface area contributed by atoms with Gasteiger partial charge < -0.3 is 20.8 Å². The van der Waals surface area contributed by atoms with Crippen LogP contribution in [0.4, 0.5) is 11.4 Å². The van der Waals surface area contributed by atoms with Crippen LogP contribution in [0, 0.1) is 0 Å². The summed E-state index contributed by atoms with van der Waals surface area (Å²) >= 11 is 0. The molecule has 6 heteroatoms. The van der Waals surface area contributed by atoms with Gasteiger partial charge in [0, 0.05) is 5.39 Å². The molecule has 90 valence electrons. The van der Waals surface area contributed by atoms with Gasteiger partial charge in [0.25, 0.3) is 0 Å². The number of benzene rings is 2. The highest BCUT2D eigenvalue weighted by atomic mass is 31.2. The Hall–Kier alpha value is -1.55. The minimum absolute atomic E-state index is 0.421. The Bertz CT molecular complexity index is 594. The zero-order valence-electron chi connectivity index (χ0n) is 9.00. The lowest BCUT2D eigenvalue weighted by molar-refractivity contribution is 0.375. The van der Waals surface area contributed by atoms with Crippen molar-refractivity contribution < 1.29 is 14.4 Å². The quantitative estimate of drug-likeness (QED) is 0.494. The van der Waals surface area contributed by atoms with Crippen molar-refractivity contribution in [2.45, 2.75) is 0 Å². The Labute approximate surface area is 98.4 Å². The molecule has 0 aliphatic rings. The zero-order chi connectivity index (χ0) is 12.5. The molecule has 0 heterocycles. The number of hydrogen-bond donors (Lipinski definition) is 4. The number of nitrogens with one attached hydrogen (secondary N) is 1. The normalized spacial score (nSPS) is 11.6. The van der Waals surface area contributed by atoms with E-state index in [1.165, 1.54) is 0 Å². The maximum atomic E-state index is 10.8. The average Bonchev–Trinajstić information content (AvgIpc) is 2.27. The van der Waals surface area contributed by atoms with E-state index in [9.17, 15) is 4.57 Å². The summed E-state index contributed by atoms with van der Waals surface area (Å²) in [6.45, 7) is 0. The highest BCUT2D eigenvalue weighted by molar-refractivity contribution is 7.51. The molecule has 0 saturated carbocycles. The summed E-state index contributed by atoms with van der Waals surface area (Å²) in [6, 6.07) is 11.1. The Morgan fingerprint density at radius 1 is 1.18 bits per heavy atom. The van der Waals surface area contributed by atoms with Gasteiger partial charge in [-0.3, -0.25) is 4.57 Å². The smallest absolute Gasteiger partial charge is 0.344 e. The lowest BCUT2D eigenvalue weighted by Gasteiger charge is -2.12. The highest BCUT2D eigenvalue weighted by Crippen LogP contribution is 2.36. The predicted molar refractivity (Wildman–Crippen MR) is 68.9 cm³/mol. The Morgan fingerprint density at radius 3 is 2.59 bits per heavy atom. The summed E-state index contributed by atoms with van der Waals surface area (Å²) in [5, 5.41) is 4.51. The molecule has 0 atom stereocenters. The molecule has 0 saturated heterocycles. The third-order valence-corrected chi connectivity index (χ3v) is 3.02. The van der Waals surface area contributed by atoms with Crippen LogP contribution in [-0.4, -0.2) is 16.1 Å². The van der Waals surface area contributed by atoms with E-state index >= 15 is 0 Å². The summed E-state index contributed by atoms with van der Waals surface area (Å²) in [4.78, 5) is 17.6. The van der Waals surface area contributed by atoms with Gasteiger partial charge in [0.15, 0.2) is 0 Å². The van der Waals surface area contributed by atoms with Gasteiger partial charge in [-0.1, -0.05) is 30.3 Å². The maximum absolute atomic E-state index is 10.8. The van der Waals surface area contributed by atoms with Gasteiger partial charge >= 0.3 is 7.60 Å².